The Morgan fingerprint density at radius 1 is 0.885 bits per heavy atom. The Balaban J connectivity index is 1.82. The molecule has 1 N–H and O–H groups in total. The summed E-state index contributed by atoms with van der Waals surface area (Å²) in [6, 6.07) is 15.8. The Bertz CT molecular complexity index is 659. The van der Waals surface area contributed by atoms with Crippen LogP contribution in [0.5, 0.6) is 5.75 Å². The molecule has 3 nitrogen and oxygen atoms in total. The van der Waals surface area contributed by atoms with Crippen LogP contribution < -0.4 is 4.74 Å². The van der Waals surface area contributed by atoms with Gasteiger partial charge in [-0.05, 0) is 42.2 Å². The van der Waals surface area contributed by atoms with Gasteiger partial charge in [0.25, 0.3) is 0 Å². The molecule has 0 saturated carbocycles. The Labute approximate surface area is 157 Å². The number of carboxylic acid groups (broad SMARTS) is 1. The number of benzene rings is 2. The minimum atomic E-state index is -0.801. The molecule has 0 aliphatic rings. The van der Waals surface area contributed by atoms with Crippen molar-refractivity contribution in [1.82, 2.24) is 0 Å². The van der Waals surface area contributed by atoms with Gasteiger partial charge in [0.05, 0.1) is 12.5 Å². The first-order valence-corrected chi connectivity index (χ1v) is 9.68. The molecule has 0 spiro atoms. The molecule has 140 valence electrons. The molecule has 0 saturated heterocycles. The van der Waals surface area contributed by atoms with E-state index in [2.05, 4.69) is 6.92 Å². The molecule has 0 aliphatic carbocycles. The molecule has 0 aromatic heterocycles. The fraction of sp³-hybridized carbons (Fsp3) is 0.435. The van der Waals surface area contributed by atoms with Gasteiger partial charge in [0, 0.05) is 0 Å². The van der Waals surface area contributed by atoms with Gasteiger partial charge in [-0.3, -0.25) is 4.79 Å². The second kappa shape index (κ2) is 10.6. The zero-order valence-corrected chi connectivity index (χ0v) is 15.9. The van der Waals surface area contributed by atoms with E-state index in [1.165, 1.54) is 32.1 Å². The molecular weight excluding hydrogens is 324 g/mol. The van der Waals surface area contributed by atoms with E-state index in [-0.39, 0.29) is 0 Å². The van der Waals surface area contributed by atoms with E-state index in [1.54, 1.807) is 6.92 Å². The monoisotopic (exact) mass is 354 g/mol. The maximum Gasteiger partial charge on any atom is 0.310 e. The maximum atomic E-state index is 11.1. The van der Waals surface area contributed by atoms with Crippen LogP contribution in [0.3, 0.4) is 0 Å². The summed E-state index contributed by atoms with van der Waals surface area (Å²) in [7, 11) is 0. The zero-order chi connectivity index (χ0) is 18.8. The molecule has 0 heterocycles. The van der Waals surface area contributed by atoms with Gasteiger partial charge in [-0.15, -0.1) is 0 Å². The second-order valence-electron chi connectivity index (χ2n) is 6.82. The van der Waals surface area contributed by atoms with Crippen LogP contribution in [-0.4, -0.2) is 17.7 Å². The van der Waals surface area contributed by atoms with Gasteiger partial charge in [-0.1, -0.05) is 75.4 Å². The number of carbonyl (C=O) groups is 1. The molecule has 0 fully saturated rings. The fourth-order valence-electron chi connectivity index (χ4n) is 2.92. The third kappa shape index (κ3) is 6.21. The van der Waals surface area contributed by atoms with Crippen molar-refractivity contribution < 1.29 is 14.6 Å². The molecule has 0 amide bonds. The van der Waals surface area contributed by atoms with Gasteiger partial charge < -0.3 is 9.84 Å². The van der Waals surface area contributed by atoms with Crippen molar-refractivity contribution in [3.63, 3.8) is 0 Å². The number of aliphatic carboxylic acids is 1. The lowest BCUT2D eigenvalue weighted by Gasteiger charge is -2.09. The van der Waals surface area contributed by atoms with Crippen LogP contribution in [0.4, 0.5) is 0 Å². The van der Waals surface area contributed by atoms with Crippen molar-refractivity contribution in [3.05, 3.63) is 54.1 Å². The molecule has 0 radical (unpaired) electrons. The Morgan fingerprint density at radius 2 is 1.42 bits per heavy atom. The zero-order valence-electron chi connectivity index (χ0n) is 15.9. The van der Waals surface area contributed by atoms with Crippen LogP contribution in [-0.2, 0) is 4.79 Å². The van der Waals surface area contributed by atoms with E-state index in [1.807, 2.05) is 48.5 Å². The first-order valence-electron chi connectivity index (χ1n) is 9.68. The van der Waals surface area contributed by atoms with Crippen molar-refractivity contribution >= 4 is 5.97 Å². The Hall–Kier alpha value is -2.29. The lowest BCUT2D eigenvalue weighted by Crippen LogP contribution is -2.06. The van der Waals surface area contributed by atoms with Gasteiger partial charge in [0.2, 0.25) is 0 Å². The Kier molecular flexibility index (Phi) is 8.20. The van der Waals surface area contributed by atoms with Crippen molar-refractivity contribution in [1.29, 1.82) is 0 Å². The first kappa shape index (κ1) is 20.0. The number of hydrogen-bond acceptors (Lipinski definition) is 2. The van der Waals surface area contributed by atoms with E-state index in [0.717, 1.165) is 35.5 Å². The largest absolute Gasteiger partial charge is 0.494 e. The number of ether oxygens (including phenoxy) is 1. The molecule has 3 heteroatoms. The minimum Gasteiger partial charge on any atom is -0.494 e. The third-order valence-corrected chi connectivity index (χ3v) is 4.74. The highest BCUT2D eigenvalue weighted by Gasteiger charge is 2.13. The summed E-state index contributed by atoms with van der Waals surface area (Å²) < 4.78 is 5.82. The molecule has 0 bridgehead atoms. The summed E-state index contributed by atoms with van der Waals surface area (Å²) in [6.45, 7) is 4.71. The number of carboxylic acids is 1. The highest BCUT2D eigenvalue weighted by molar-refractivity contribution is 5.76. The van der Waals surface area contributed by atoms with Gasteiger partial charge >= 0.3 is 5.97 Å². The van der Waals surface area contributed by atoms with Crippen LogP contribution in [0.2, 0.25) is 0 Å². The standard InChI is InChI=1S/C23H30O3/c1-3-4-5-6-7-8-17-26-22-15-13-21(14-16-22)20-11-9-19(10-12-20)18(2)23(24)25/h9-16,18H,3-8,17H2,1-2H3,(H,24,25). The summed E-state index contributed by atoms with van der Waals surface area (Å²) in [5, 5.41) is 9.08. The van der Waals surface area contributed by atoms with Crippen LogP contribution in [0, 0.1) is 0 Å². The quantitative estimate of drug-likeness (QED) is 0.483. The van der Waals surface area contributed by atoms with E-state index in [4.69, 9.17) is 9.84 Å². The molecule has 0 aliphatic heterocycles. The summed E-state index contributed by atoms with van der Waals surface area (Å²) in [6.07, 6.45) is 7.58. The third-order valence-electron chi connectivity index (χ3n) is 4.74. The molecule has 2 aromatic rings. The van der Waals surface area contributed by atoms with E-state index in [0.29, 0.717) is 0 Å². The Morgan fingerprint density at radius 3 is 2.00 bits per heavy atom. The molecule has 1 atom stereocenters. The molecule has 26 heavy (non-hydrogen) atoms. The summed E-state index contributed by atoms with van der Waals surface area (Å²) in [4.78, 5) is 11.1. The average Bonchev–Trinajstić information content (AvgIpc) is 2.67. The summed E-state index contributed by atoms with van der Waals surface area (Å²) in [5.41, 5.74) is 3.00. The molecule has 2 rings (SSSR count). The number of hydrogen-bond donors (Lipinski definition) is 1. The first-order chi connectivity index (χ1) is 12.6. The van der Waals surface area contributed by atoms with Gasteiger partial charge in [0.1, 0.15) is 5.75 Å². The van der Waals surface area contributed by atoms with Crippen LogP contribution in [0.15, 0.2) is 48.5 Å². The maximum absolute atomic E-state index is 11.1. The smallest absolute Gasteiger partial charge is 0.310 e. The lowest BCUT2D eigenvalue weighted by molar-refractivity contribution is -0.138. The van der Waals surface area contributed by atoms with Gasteiger partial charge in [0.15, 0.2) is 0 Å². The van der Waals surface area contributed by atoms with E-state index < -0.39 is 11.9 Å². The normalized spacial score (nSPS) is 11.9. The van der Waals surface area contributed by atoms with Crippen molar-refractivity contribution in [2.45, 2.75) is 58.3 Å². The highest BCUT2D eigenvalue weighted by atomic mass is 16.5. The van der Waals surface area contributed by atoms with Crippen LogP contribution in [0.25, 0.3) is 11.1 Å². The number of unbranched alkanes of at least 4 members (excludes halogenated alkanes) is 5. The van der Waals surface area contributed by atoms with Crippen molar-refractivity contribution in [2.24, 2.45) is 0 Å². The summed E-state index contributed by atoms with van der Waals surface area (Å²) >= 11 is 0. The lowest BCUT2D eigenvalue weighted by atomic mass is 9.98. The van der Waals surface area contributed by atoms with Crippen molar-refractivity contribution in [3.8, 4) is 16.9 Å². The topological polar surface area (TPSA) is 46.5 Å². The molecule has 1 unspecified atom stereocenters. The van der Waals surface area contributed by atoms with Gasteiger partial charge in [-0.25, -0.2) is 0 Å². The highest BCUT2D eigenvalue weighted by Crippen LogP contribution is 2.25. The second-order valence-corrected chi connectivity index (χ2v) is 6.82. The average molecular weight is 354 g/mol. The summed E-state index contributed by atoms with van der Waals surface area (Å²) in [5.74, 6) is -0.384. The van der Waals surface area contributed by atoms with Crippen LogP contribution in [0.1, 0.15) is 63.9 Å². The predicted octanol–water partition coefficient (Wildman–Crippen LogP) is 6.28. The molecule has 2 aromatic carbocycles. The number of rotatable bonds is 11. The SMILES string of the molecule is CCCCCCCCOc1ccc(-c2ccc(C(C)C(=O)O)cc2)cc1. The van der Waals surface area contributed by atoms with Crippen molar-refractivity contribution in [2.75, 3.05) is 6.61 Å². The van der Waals surface area contributed by atoms with Crippen LogP contribution >= 0.6 is 0 Å². The predicted molar refractivity (Wildman–Crippen MR) is 107 cm³/mol. The molecular formula is C23H30O3. The van der Waals surface area contributed by atoms with E-state index in [9.17, 15) is 4.79 Å². The minimum absolute atomic E-state index is 0.484. The van der Waals surface area contributed by atoms with Gasteiger partial charge in [-0.2, -0.15) is 0 Å². The van der Waals surface area contributed by atoms with E-state index >= 15 is 0 Å². The fourth-order valence-corrected chi connectivity index (χ4v) is 2.92.